The van der Waals surface area contributed by atoms with E-state index in [0.29, 0.717) is 37.4 Å². The molecule has 2 amide bonds. The fourth-order valence-corrected chi connectivity index (χ4v) is 4.90. The van der Waals surface area contributed by atoms with Crippen LogP contribution in [0.15, 0.2) is 60.3 Å². The lowest BCUT2D eigenvalue weighted by atomic mass is 9.69. The van der Waals surface area contributed by atoms with Crippen molar-refractivity contribution in [2.75, 3.05) is 14.2 Å². The van der Waals surface area contributed by atoms with Crippen molar-refractivity contribution in [3.05, 3.63) is 71.4 Å². The van der Waals surface area contributed by atoms with Crippen LogP contribution in [0.4, 0.5) is 0 Å². The molecule has 0 radical (unpaired) electrons. The number of fused-ring (bicyclic) bond motifs is 1. The lowest BCUT2D eigenvalue weighted by molar-refractivity contribution is -0.141. The number of hydrogen-bond donors (Lipinski definition) is 1. The molecule has 2 aromatic rings. The lowest BCUT2D eigenvalue weighted by Crippen LogP contribution is -2.52. The first-order valence-electron chi connectivity index (χ1n) is 11.1. The zero-order chi connectivity index (χ0) is 22.6. The molecule has 1 heterocycles. The molecule has 2 aromatic carbocycles. The molecule has 0 bridgehead atoms. The van der Waals surface area contributed by atoms with Gasteiger partial charge in [-0.25, -0.2) is 0 Å². The Balaban J connectivity index is 1.57. The molecule has 0 aromatic heterocycles. The van der Waals surface area contributed by atoms with E-state index in [1.165, 1.54) is 0 Å². The highest BCUT2D eigenvalue weighted by atomic mass is 16.5. The number of carbonyl (C=O) groups is 2. The maximum atomic E-state index is 13.6. The minimum atomic E-state index is -0.674. The molecule has 1 saturated heterocycles. The summed E-state index contributed by atoms with van der Waals surface area (Å²) in [6.07, 6.45) is 5.58. The number of amides is 2. The number of methoxy groups -OCH3 is 2. The molecule has 0 saturated carbocycles. The molecule has 0 spiro atoms. The maximum Gasteiger partial charge on any atom is 0.232 e. The van der Waals surface area contributed by atoms with Gasteiger partial charge in [0.15, 0.2) is 11.5 Å². The molecule has 1 fully saturated rings. The first-order valence-corrected chi connectivity index (χ1v) is 11.1. The fourth-order valence-electron chi connectivity index (χ4n) is 4.90. The topological polar surface area (TPSA) is 67.9 Å². The average Bonchev–Trinajstić information content (AvgIpc) is 2.84. The second-order valence-corrected chi connectivity index (χ2v) is 8.36. The number of ether oxygens (including phenoxy) is 2. The second-order valence-electron chi connectivity index (χ2n) is 8.36. The second kappa shape index (κ2) is 9.47. The van der Waals surface area contributed by atoms with E-state index < -0.39 is 5.41 Å². The van der Waals surface area contributed by atoms with Gasteiger partial charge >= 0.3 is 0 Å². The Morgan fingerprint density at radius 1 is 1.06 bits per heavy atom. The molecular weight excluding hydrogens is 404 g/mol. The Morgan fingerprint density at radius 2 is 1.88 bits per heavy atom. The molecule has 6 heteroatoms. The summed E-state index contributed by atoms with van der Waals surface area (Å²) in [5.41, 5.74) is 2.10. The molecule has 1 aliphatic heterocycles. The van der Waals surface area contributed by atoms with Crippen LogP contribution in [0.5, 0.6) is 11.5 Å². The van der Waals surface area contributed by atoms with Crippen molar-refractivity contribution in [2.24, 2.45) is 5.41 Å². The minimum Gasteiger partial charge on any atom is -0.493 e. The number of nitrogens with one attached hydrogen (secondary N) is 1. The number of benzene rings is 2. The van der Waals surface area contributed by atoms with Gasteiger partial charge in [-0.1, -0.05) is 48.5 Å². The van der Waals surface area contributed by atoms with Gasteiger partial charge in [0.25, 0.3) is 0 Å². The molecule has 1 atom stereocenters. The van der Waals surface area contributed by atoms with Gasteiger partial charge in [-0.15, -0.1) is 0 Å². The van der Waals surface area contributed by atoms with E-state index in [1.807, 2.05) is 53.4 Å². The van der Waals surface area contributed by atoms with Crippen LogP contribution in [0, 0.1) is 5.41 Å². The molecule has 4 rings (SSSR count). The SMILES string of the molecule is COc1cccc(CNC(=O)C23CCCC=C2N(Cc2ccccc2)C(=O)CC3)c1OC. The Hall–Kier alpha value is -3.28. The van der Waals surface area contributed by atoms with Crippen LogP contribution in [-0.2, 0) is 22.7 Å². The Labute approximate surface area is 189 Å². The lowest BCUT2D eigenvalue weighted by Gasteiger charge is -2.46. The summed E-state index contributed by atoms with van der Waals surface area (Å²) in [4.78, 5) is 28.3. The predicted molar refractivity (Wildman–Crippen MR) is 122 cm³/mol. The number of hydrogen-bond acceptors (Lipinski definition) is 4. The third kappa shape index (κ3) is 4.09. The largest absolute Gasteiger partial charge is 0.493 e. The van der Waals surface area contributed by atoms with Crippen molar-refractivity contribution in [3.8, 4) is 11.5 Å². The molecule has 168 valence electrons. The van der Waals surface area contributed by atoms with E-state index in [1.54, 1.807) is 14.2 Å². The van der Waals surface area contributed by atoms with Gasteiger partial charge in [-0.2, -0.15) is 0 Å². The van der Waals surface area contributed by atoms with E-state index in [0.717, 1.165) is 36.1 Å². The van der Waals surface area contributed by atoms with Gasteiger partial charge < -0.3 is 19.7 Å². The minimum absolute atomic E-state index is 0.0288. The van der Waals surface area contributed by atoms with Crippen molar-refractivity contribution < 1.29 is 19.1 Å². The molecule has 6 nitrogen and oxygen atoms in total. The zero-order valence-electron chi connectivity index (χ0n) is 18.7. The smallest absolute Gasteiger partial charge is 0.232 e. The molecule has 1 aliphatic carbocycles. The van der Waals surface area contributed by atoms with Gasteiger partial charge in [-0.05, 0) is 37.3 Å². The van der Waals surface area contributed by atoms with Gasteiger partial charge in [0.1, 0.15) is 0 Å². The van der Waals surface area contributed by atoms with Gasteiger partial charge in [0.2, 0.25) is 11.8 Å². The number of likely N-dealkylation sites (tertiary alicyclic amines) is 1. The summed E-state index contributed by atoms with van der Waals surface area (Å²) in [5.74, 6) is 1.31. The van der Waals surface area contributed by atoms with Crippen molar-refractivity contribution in [2.45, 2.75) is 45.2 Å². The number of nitrogens with zero attached hydrogens (tertiary/aromatic N) is 1. The third-order valence-electron chi connectivity index (χ3n) is 6.54. The number of carbonyl (C=O) groups excluding carboxylic acids is 2. The van der Waals surface area contributed by atoms with E-state index in [2.05, 4.69) is 11.4 Å². The van der Waals surface area contributed by atoms with Crippen molar-refractivity contribution in [1.82, 2.24) is 10.2 Å². The van der Waals surface area contributed by atoms with Crippen molar-refractivity contribution >= 4 is 11.8 Å². The number of para-hydroxylation sites is 1. The summed E-state index contributed by atoms with van der Waals surface area (Å²) >= 11 is 0. The molecule has 1 N–H and O–H groups in total. The maximum absolute atomic E-state index is 13.6. The van der Waals surface area contributed by atoms with Crippen LogP contribution in [0.3, 0.4) is 0 Å². The third-order valence-corrected chi connectivity index (χ3v) is 6.54. The predicted octanol–water partition coefficient (Wildman–Crippen LogP) is 4.20. The van der Waals surface area contributed by atoms with E-state index in [4.69, 9.17) is 9.47 Å². The summed E-state index contributed by atoms with van der Waals surface area (Å²) in [7, 11) is 3.19. The highest BCUT2D eigenvalue weighted by Crippen LogP contribution is 2.47. The van der Waals surface area contributed by atoms with Crippen molar-refractivity contribution in [1.29, 1.82) is 0 Å². The summed E-state index contributed by atoms with van der Waals surface area (Å²) in [6.45, 7) is 0.825. The molecule has 1 unspecified atom stereocenters. The first-order chi connectivity index (χ1) is 15.6. The Kier molecular flexibility index (Phi) is 6.49. The Morgan fingerprint density at radius 3 is 2.62 bits per heavy atom. The summed E-state index contributed by atoms with van der Waals surface area (Å²) in [5, 5.41) is 3.13. The zero-order valence-corrected chi connectivity index (χ0v) is 18.7. The van der Waals surface area contributed by atoms with Crippen LogP contribution in [-0.4, -0.2) is 30.9 Å². The van der Waals surface area contributed by atoms with Gasteiger partial charge in [0.05, 0.1) is 26.2 Å². The van der Waals surface area contributed by atoms with Crippen molar-refractivity contribution in [3.63, 3.8) is 0 Å². The number of rotatable bonds is 7. The van der Waals surface area contributed by atoms with Gasteiger partial charge in [0, 0.05) is 24.2 Å². The first kappa shape index (κ1) is 21.9. The van der Waals surface area contributed by atoms with Crippen LogP contribution in [0.1, 0.15) is 43.2 Å². The van der Waals surface area contributed by atoms with Crippen LogP contribution in [0.2, 0.25) is 0 Å². The normalized spacial score (nSPS) is 20.2. The van der Waals surface area contributed by atoms with Crippen LogP contribution in [0.25, 0.3) is 0 Å². The van der Waals surface area contributed by atoms with Gasteiger partial charge in [-0.3, -0.25) is 9.59 Å². The molecular formula is C26H30N2O4. The number of piperidine rings is 1. The quantitative estimate of drug-likeness (QED) is 0.709. The molecule has 32 heavy (non-hydrogen) atoms. The standard InChI is InChI=1S/C26H30N2O4/c1-31-21-12-8-11-20(24(21)32-2)17-27-25(30)26-15-7-6-13-22(26)28(23(29)14-16-26)18-19-9-4-3-5-10-19/h3-5,8-13H,6-7,14-18H2,1-2H3,(H,27,30). The monoisotopic (exact) mass is 434 g/mol. The highest BCUT2D eigenvalue weighted by molar-refractivity contribution is 5.91. The Bertz CT molecular complexity index is 1020. The number of allylic oxidation sites excluding steroid dienone is 1. The van der Waals surface area contributed by atoms with Crippen LogP contribution < -0.4 is 14.8 Å². The molecule has 2 aliphatic rings. The fraction of sp³-hybridized carbons (Fsp3) is 0.385. The van der Waals surface area contributed by atoms with E-state index in [9.17, 15) is 9.59 Å². The van der Waals surface area contributed by atoms with E-state index in [-0.39, 0.29) is 11.8 Å². The summed E-state index contributed by atoms with van der Waals surface area (Å²) in [6, 6.07) is 15.6. The van der Waals surface area contributed by atoms with Crippen LogP contribution >= 0.6 is 0 Å². The summed E-state index contributed by atoms with van der Waals surface area (Å²) < 4.78 is 10.9. The van der Waals surface area contributed by atoms with E-state index >= 15 is 0 Å². The highest BCUT2D eigenvalue weighted by Gasteiger charge is 2.49. The average molecular weight is 435 g/mol.